The van der Waals surface area contributed by atoms with Crippen LogP contribution in [0.2, 0.25) is 0 Å². The lowest BCUT2D eigenvalue weighted by atomic mass is 10.3. The topological polar surface area (TPSA) is 173 Å². The van der Waals surface area contributed by atoms with Crippen LogP contribution in [0.15, 0.2) is 58.3 Å². The van der Waals surface area contributed by atoms with Crippen molar-refractivity contribution >= 4 is 31.6 Å². The summed E-state index contributed by atoms with van der Waals surface area (Å²) in [6.45, 7) is 2.45. The number of hydrogen-bond donors (Lipinski definition) is 0. The third-order valence-electron chi connectivity index (χ3n) is 3.85. The van der Waals surface area contributed by atoms with Gasteiger partial charge in [0.2, 0.25) is 0 Å². The van der Waals surface area contributed by atoms with Gasteiger partial charge < -0.3 is 0 Å². The Labute approximate surface area is 171 Å². The summed E-state index contributed by atoms with van der Waals surface area (Å²) in [4.78, 5) is 19.1. The maximum absolute atomic E-state index is 12.4. The van der Waals surface area contributed by atoms with Crippen LogP contribution in [-0.4, -0.2) is 38.9 Å². The lowest BCUT2D eigenvalue weighted by Gasteiger charge is -2.20. The second kappa shape index (κ2) is 8.83. The van der Waals surface area contributed by atoms with E-state index in [0.717, 1.165) is 48.5 Å². The van der Waals surface area contributed by atoms with Crippen molar-refractivity contribution in [3.05, 3.63) is 68.8 Å². The number of benzene rings is 2. The number of hydrogen-bond acceptors (Lipinski definition) is 10. The molecule has 0 radical (unpaired) electrons. The van der Waals surface area contributed by atoms with Gasteiger partial charge in [-0.3, -0.25) is 28.6 Å². The monoisotopic (exact) mass is 460 g/mol. The molecule has 2 atom stereocenters. The van der Waals surface area contributed by atoms with Gasteiger partial charge in [-0.25, -0.2) is 0 Å². The lowest BCUT2D eigenvalue weighted by molar-refractivity contribution is -0.385. The fourth-order valence-corrected chi connectivity index (χ4v) is 4.53. The van der Waals surface area contributed by atoms with Crippen LogP contribution < -0.4 is 0 Å². The quantitative estimate of drug-likeness (QED) is 0.307. The fraction of sp³-hybridized carbons (Fsp3) is 0.250. The van der Waals surface area contributed by atoms with E-state index in [0.29, 0.717) is 0 Å². The van der Waals surface area contributed by atoms with Crippen molar-refractivity contribution in [3.8, 4) is 0 Å². The molecule has 2 aromatic rings. The van der Waals surface area contributed by atoms with Crippen LogP contribution in [0.5, 0.6) is 0 Å². The van der Waals surface area contributed by atoms with Gasteiger partial charge in [0.15, 0.2) is 0 Å². The van der Waals surface area contributed by atoms with Gasteiger partial charge in [0.25, 0.3) is 31.6 Å². The van der Waals surface area contributed by atoms with E-state index in [1.807, 2.05) is 0 Å². The summed E-state index contributed by atoms with van der Waals surface area (Å²) in [7, 11) is -8.93. The van der Waals surface area contributed by atoms with Crippen LogP contribution in [0.25, 0.3) is 0 Å². The van der Waals surface area contributed by atoms with Crippen molar-refractivity contribution in [2.75, 3.05) is 0 Å². The van der Waals surface area contributed by atoms with Crippen molar-refractivity contribution in [3.63, 3.8) is 0 Å². The van der Waals surface area contributed by atoms with Crippen LogP contribution >= 0.6 is 0 Å². The van der Waals surface area contributed by atoms with Gasteiger partial charge in [0.1, 0.15) is 22.0 Å². The van der Waals surface area contributed by atoms with E-state index in [1.54, 1.807) is 0 Å². The Hall–Kier alpha value is -2.94. The highest BCUT2D eigenvalue weighted by Crippen LogP contribution is 2.24. The number of nitrogens with zero attached hydrogens (tertiary/aromatic N) is 2. The zero-order valence-electron chi connectivity index (χ0n) is 15.6. The lowest BCUT2D eigenvalue weighted by Crippen LogP contribution is -2.31. The summed E-state index contributed by atoms with van der Waals surface area (Å²) in [5.41, 5.74) is -0.935. The Morgan fingerprint density at radius 3 is 1.37 bits per heavy atom. The minimum atomic E-state index is -4.47. The molecular formula is C16H16N2O10S2. The molecule has 2 aromatic carbocycles. The average Bonchev–Trinajstić information content (AvgIpc) is 2.67. The molecule has 14 heteroatoms. The summed E-state index contributed by atoms with van der Waals surface area (Å²) in [6.07, 6.45) is -2.63. The standard InChI is InChI=1S/C16H16N2O10S2/c1-11(27-29(23,24)15-7-3-5-13(9-15)17(19)20)12(2)28-30(25,26)16-8-4-6-14(10-16)18(21)22/h3-12H,1-2H3. The molecule has 0 aliphatic rings. The molecule has 0 aliphatic carbocycles. The van der Waals surface area contributed by atoms with E-state index in [2.05, 4.69) is 0 Å². The van der Waals surface area contributed by atoms with Gasteiger partial charge in [-0.05, 0) is 26.0 Å². The Morgan fingerprint density at radius 2 is 1.07 bits per heavy atom. The Bertz CT molecular complexity index is 1080. The number of non-ortho nitro benzene ring substituents is 2. The summed E-state index contributed by atoms with van der Waals surface area (Å²) in [6, 6.07) is 8.28. The average molecular weight is 460 g/mol. The van der Waals surface area contributed by atoms with Gasteiger partial charge >= 0.3 is 0 Å². The Balaban J connectivity index is 2.18. The molecule has 0 heterocycles. The van der Waals surface area contributed by atoms with E-state index < -0.39 is 63.5 Å². The molecule has 30 heavy (non-hydrogen) atoms. The van der Waals surface area contributed by atoms with Crippen LogP contribution in [0.3, 0.4) is 0 Å². The van der Waals surface area contributed by atoms with Gasteiger partial charge in [-0.1, -0.05) is 12.1 Å². The van der Waals surface area contributed by atoms with E-state index in [-0.39, 0.29) is 0 Å². The van der Waals surface area contributed by atoms with Gasteiger partial charge in [-0.2, -0.15) is 16.8 Å². The molecule has 0 fully saturated rings. The molecule has 2 rings (SSSR count). The Kier molecular flexibility index (Phi) is 6.87. The molecule has 162 valence electrons. The van der Waals surface area contributed by atoms with E-state index in [1.165, 1.54) is 13.8 Å². The van der Waals surface area contributed by atoms with E-state index in [4.69, 9.17) is 8.37 Å². The second-order valence-electron chi connectivity index (χ2n) is 6.02. The van der Waals surface area contributed by atoms with Gasteiger partial charge in [0, 0.05) is 24.3 Å². The summed E-state index contributed by atoms with van der Waals surface area (Å²) < 4.78 is 59.2. The normalized spacial score (nSPS) is 14.1. The molecular weight excluding hydrogens is 444 g/mol. The second-order valence-corrected chi connectivity index (χ2v) is 9.16. The first-order valence-corrected chi connectivity index (χ1v) is 11.0. The van der Waals surface area contributed by atoms with Crippen LogP contribution in [0, 0.1) is 20.2 Å². The third-order valence-corrected chi connectivity index (χ3v) is 6.63. The van der Waals surface area contributed by atoms with Crippen molar-refractivity contribution in [1.82, 2.24) is 0 Å². The number of rotatable bonds is 9. The van der Waals surface area contributed by atoms with Gasteiger partial charge in [-0.15, -0.1) is 0 Å². The first-order chi connectivity index (χ1) is 13.8. The fourth-order valence-electron chi connectivity index (χ4n) is 2.17. The molecule has 2 unspecified atom stereocenters. The molecule has 0 aromatic heterocycles. The molecule has 0 N–H and O–H groups in total. The van der Waals surface area contributed by atoms with E-state index >= 15 is 0 Å². The van der Waals surface area contributed by atoms with Crippen molar-refractivity contribution < 1.29 is 35.0 Å². The van der Waals surface area contributed by atoms with Crippen LogP contribution in [-0.2, 0) is 28.6 Å². The number of nitro groups is 2. The first-order valence-electron chi connectivity index (χ1n) is 8.19. The van der Waals surface area contributed by atoms with Crippen molar-refractivity contribution in [1.29, 1.82) is 0 Å². The smallest absolute Gasteiger partial charge is 0.261 e. The van der Waals surface area contributed by atoms with Crippen LogP contribution in [0.1, 0.15) is 13.8 Å². The van der Waals surface area contributed by atoms with Crippen LogP contribution in [0.4, 0.5) is 11.4 Å². The maximum Gasteiger partial charge on any atom is 0.297 e. The largest absolute Gasteiger partial charge is 0.297 e. The van der Waals surface area contributed by atoms with Gasteiger partial charge in [0.05, 0.1) is 9.85 Å². The molecule has 0 saturated heterocycles. The third kappa shape index (κ3) is 5.56. The molecule has 0 bridgehead atoms. The Morgan fingerprint density at radius 1 is 0.733 bits per heavy atom. The highest BCUT2D eigenvalue weighted by molar-refractivity contribution is 7.87. The predicted octanol–water partition coefficient (Wildman–Crippen LogP) is 2.39. The summed E-state index contributed by atoms with van der Waals surface area (Å²) >= 11 is 0. The highest BCUT2D eigenvalue weighted by atomic mass is 32.2. The summed E-state index contributed by atoms with van der Waals surface area (Å²) in [5.74, 6) is 0. The van der Waals surface area contributed by atoms with Crippen molar-refractivity contribution in [2.45, 2.75) is 35.8 Å². The van der Waals surface area contributed by atoms with E-state index in [9.17, 15) is 37.1 Å². The zero-order chi connectivity index (χ0) is 22.7. The molecule has 0 amide bonds. The molecule has 0 spiro atoms. The first kappa shape index (κ1) is 23.3. The minimum Gasteiger partial charge on any atom is -0.261 e. The molecule has 0 aliphatic heterocycles. The minimum absolute atomic E-state index is 0.468. The zero-order valence-corrected chi connectivity index (χ0v) is 17.2. The maximum atomic E-state index is 12.4. The molecule has 0 saturated carbocycles. The summed E-state index contributed by atoms with van der Waals surface area (Å²) in [5, 5.41) is 21.6. The number of nitro benzene ring substituents is 2. The predicted molar refractivity (Wildman–Crippen MR) is 102 cm³/mol. The SMILES string of the molecule is CC(OS(=O)(=O)c1cccc([N+](=O)[O-])c1)C(C)OS(=O)(=O)c1cccc([N+](=O)[O-])c1. The van der Waals surface area contributed by atoms with Crippen molar-refractivity contribution in [2.24, 2.45) is 0 Å². The highest BCUT2D eigenvalue weighted by Gasteiger charge is 2.29. The molecule has 12 nitrogen and oxygen atoms in total.